The standard InChI is InChI=1S/C29H36F6N2O3/c1-4-8-20-16-23(27(39,28(30,31)32)29(33,34)35)17-21(9-5-2)25(20)40-15-7-6-14-37-18-26(3,36-19-37)22-10-12-24(38)13-11-22/h10-13,16-17,19,38-39H,4-9,14-15,18H2,1-3H3. The normalized spacial score (nSPS) is 18.0. The van der Waals surface area contributed by atoms with E-state index >= 15 is 0 Å². The number of hydrogen-bond acceptors (Lipinski definition) is 5. The number of halogens is 6. The van der Waals surface area contributed by atoms with Crippen LogP contribution in [0.1, 0.15) is 68.7 Å². The van der Waals surface area contributed by atoms with Gasteiger partial charge >= 0.3 is 12.4 Å². The molecule has 0 radical (unpaired) electrons. The first kappa shape index (κ1) is 31.6. The Morgan fingerprint density at radius 3 is 1.98 bits per heavy atom. The van der Waals surface area contributed by atoms with Crippen molar-refractivity contribution in [2.45, 2.75) is 82.8 Å². The van der Waals surface area contributed by atoms with Crippen molar-refractivity contribution in [3.63, 3.8) is 0 Å². The molecule has 0 aliphatic carbocycles. The van der Waals surface area contributed by atoms with E-state index in [1.54, 1.807) is 32.3 Å². The summed E-state index contributed by atoms with van der Waals surface area (Å²) in [4.78, 5) is 6.70. The maximum absolute atomic E-state index is 13.6. The second-order valence-electron chi connectivity index (χ2n) is 10.4. The molecule has 2 aromatic carbocycles. The fourth-order valence-corrected chi connectivity index (χ4v) is 4.95. The lowest BCUT2D eigenvalue weighted by atomic mass is 9.87. The van der Waals surface area contributed by atoms with Crippen molar-refractivity contribution in [1.29, 1.82) is 0 Å². The minimum absolute atomic E-state index is 0.182. The Labute approximate surface area is 230 Å². The molecule has 2 N–H and O–H groups in total. The lowest BCUT2D eigenvalue weighted by molar-refractivity contribution is -0.376. The molecule has 0 amide bonds. The van der Waals surface area contributed by atoms with Crippen LogP contribution in [0.25, 0.3) is 0 Å². The number of aryl methyl sites for hydroxylation is 2. The predicted octanol–water partition coefficient (Wildman–Crippen LogP) is 7.03. The highest BCUT2D eigenvalue weighted by molar-refractivity contribution is 5.60. The van der Waals surface area contributed by atoms with E-state index in [9.17, 15) is 36.6 Å². The van der Waals surface area contributed by atoms with Gasteiger partial charge < -0.3 is 19.8 Å². The Morgan fingerprint density at radius 2 is 1.48 bits per heavy atom. The first-order chi connectivity index (χ1) is 18.7. The van der Waals surface area contributed by atoms with Crippen molar-refractivity contribution in [1.82, 2.24) is 4.90 Å². The van der Waals surface area contributed by atoms with E-state index in [-0.39, 0.29) is 36.3 Å². The number of alkyl halides is 6. The van der Waals surface area contributed by atoms with Gasteiger partial charge in [0.1, 0.15) is 17.0 Å². The number of rotatable bonds is 12. The van der Waals surface area contributed by atoms with Gasteiger partial charge in [0, 0.05) is 18.7 Å². The van der Waals surface area contributed by atoms with Crippen LogP contribution in [0.3, 0.4) is 0 Å². The molecule has 0 fully saturated rings. The topological polar surface area (TPSA) is 65.3 Å². The van der Waals surface area contributed by atoms with Gasteiger partial charge in [-0.1, -0.05) is 38.8 Å². The molecule has 1 atom stereocenters. The van der Waals surface area contributed by atoms with Gasteiger partial charge in [0.05, 0.1) is 12.9 Å². The number of phenols is 1. The number of hydrogen-bond donors (Lipinski definition) is 2. The third-order valence-corrected chi connectivity index (χ3v) is 7.11. The molecule has 0 aromatic heterocycles. The number of benzene rings is 2. The minimum atomic E-state index is -5.95. The van der Waals surface area contributed by atoms with Gasteiger partial charge in [-0.3, -0.25) is 4.99 Å². The molecular weight excluding hydrogens is 538 g/mol. The van der Waals surface area contributed by atoms with Crippen molar-refractivity contribution in [3.8, 4) is 11.5 Å². The predicted molar refractivity (Wildman–Crippen MR) is 141 cm³/mol. The number of phenolic OH excluding ortho intramolecular Hbond substituents is 1. The Balaban J connectivity index is 1.70. The minimum Gasteiger partial charge on any atom is -0.508 e. The molecule has 0 saturated carbocycles. The van der Waals surface area contributed by atoms with E-state index in [2.05, 4.69) is 9.89 Å². The van der Waals surface area contributed by atoms with Gasteiger partial charge in [0.2, 0.25) is 0 Å². The Bertz CT molecular complexity index is 1120. The maximum Gasteiger partial charge on any atom is 0.430 e. The average molecular weight is 575 g/mol. The van der Waals surface area contributed by atoms with Crippen LogP contribution in [-0.2, 0) is 24.0 Å². The monoisotopic (exact) mass is 574 g/mol. The summed E-state index contributed by atoms with van der Waals surface area (Å²) >= 11 is 0. The largest absolute Gasteiger partial charge is 0.508 e. The van der Waals surface area contributed by atoms with Crippen LogP contribution >= 0.6 is 0 Å². The number of aromatic hydroxyl groups is 1. The van der Waals surface area contributed by atoms with Gasteiger partial charge in [-0.25, -0.2) is 0 Å². The number of aliphatic hydroxyl groups is 1. The molecule has 0 bridgehead atoms. The van der Waals surface area contributed by atoms with Gasteiger partial charge in [0.15, 0.2) is 0 Å². The molecule has 11 heteroatoms. The highest BCUT2D eigenvalue weighted by atomic mass is 19.4. The van der Waals surface area contributed by atoms with E-state index in [1.165, 1.54) is 0 Å². The van der Waals surface area contributed by atoms with E-state index in [4.69, 9.17) is 4.74 Å². The highest BCUT2D eigenvalue weighted by Crippen LogP contribution is 2.51. The SMILES string of the molecule is CCCc1cc(C(O)(C(F)(F)F)C(F)(F)F)cc(CCC)c1OCCCCN1C=NC(C)(c2ccc(O)cc2)C1. The molecule has 0 spiro atoms. The summed E-state index contributed by atoms with van der Waals surface area (Å²) in [6.45, 7) is 7.11. The molecule has 2 aromatic rings. The fourth-order valence-electron chi connectivity index (χ4n) is 4.95. The zero-order valence-electron chi connectivity index (χ0n) is 22.9. The molecule has 222 valence electrons. The van der Waals surface area contributed by atoms with Crippen molar-refractivity contribution in [3.05, 3.63) is 58.7 Å². The quantitative estimate of drug-likeness (QED) is 0.211. The zero-order chi connectivity index (χ0) is 29.8. The Kier molecular flexibility index (Phi) is 9.70. The molecule has 0 saturated heterocycles. The van der Waals surface area contributed by atoms with E-state index in [1.807, 2.05) is 19.1 Å². The average Bonchev–Trinajstić information content (AvgIpc) is 3.25. The zero-order valence-corrected chi connectivity index (χ0v) is 22.9. The van der Waals surface area contributed by atoms with E-state index in [0.717, 1.165) is 24.1 Å². The summed E-state index contributed by atoms with van der Waals surface area (Å²) < 4.78 is 87.4. The van der Waals surface area contributed by atoms with Crippen molar-refractivity contribution < 1.29 is 41.3 Å². The van der Waals surface area contributed by atoms with Crippen LogP contribution in [0.2, 0.25) is 0 Å². The lowest BCUT2D eigenvalue weighted by Crippen LogP contribution is -2.54. The van der Waals surface area contributed by atoms with Crippen molar-refractivity contribution in [2.24, 2.45) is 4.99 Å². The smallest absolute Gasteiger partial charge is 0.430 e. The molecule has 1 heterocycles. The molecule has 40 heavy (non-hydrogen) atoms. The van der Waals surface area contributed by atoms with Crippen LogP contribution in [0.4, 0.5) is 26.3 Å². The summed E-state index contributed by atoms with van der Waals surface area (Å²) in [5.74, 6) is 0.475. The lowest BCUT2D eigenvalue weighted by Gasteiger charge is -2.33. The molecule has 5 nitrogen and oxygen atoms in total. The molecule has 1 unspecified atom stereocenters. The first-order valence-electron chi connectivity index (χ1n) is 13.4. The van der Waals surface area contributed by atoms with E-state index < -0.39 is 29.1 Å². The van der Waals surface area contributed by atoms with Gasteiger partial charge in [0.25, 0.3) is 5.60 Å². The van der Waals surface area contributed by atoms with Gasteiger partial charge in [-0.15, -0.1) is 0 Å². The molecule has 1 aliphatic rings. The van der Waals surface area contributed by atoms with Crippen LogP contribution in [0, 0.1) is 0 Å². The van der Waals surface area contributed by atoms with E-state index in [0.29, 0.717) is 38.1 Å². The molecule has 1 aliphatic heterocycles. The third kappa shape index (κ3) is 6.67. The Morgan fingerprint density at radius 1 is 0.925 bits per heavy atom. The van der Waals surface area contributed by atoms with Crippen LogP contribution < -0.4 is 4.74 Å². The van der Waals surface area contributed by atoms with Crippen LogP contribution in [0.15, 0.2) is 41.4 Å². The second-order valence-corrected chi connectivity index (χ2v) is 10.4. The number of nitrogens with zero attached hydrogens (tertiary/aromatic N) is 2. The van der Waals surface area contributed by atoms with Gasteiger partial charge in [-0.05, 0) is 73.6 Å². The van der Waals surface area contributed by atoms with Crippen molar-refractivity contribution >= 4 is 6.34 Å². The summed E-state index contributed by atoms with van der Waals surface area (Å²) in [6.07, 6.45) is -7.44. The summed E-state index contributed by atoms with van der Waals surface area (Å²) in [7, 11) is 0. The molecular formula is C29H36F6N2O3. The maximum atomic E-state index is 13.6. The highest BCUT2D eigenvalue weighted by Gasteiger charge is 2.71. The summed E-state index contributed by atoms with van der Waals surface area (Å²) in [5.41, 5.74) is -5.25. The second kappa shape index (κ2) is 12.3. The summed E-state index contributed by atoms with van der Waals surface area (Å²) in [5, 5.41) is 19.5. The number of aliphatic imine (C=N–C) groups is 1. The third-order valence-electron chi connectivity index (χ3n) is 7.11. The van der Waals surface area contributed by atoms with Gasteiger partial charge in [-0.2, -0.15) is 26.3 Å². The number of ether oxygens (including phenoxy) is 1. The fraction of sp³-hybridized carbons (Fsp3) is 0.552. The summed E-state index contributed by atoms with van der Waals surface area (Å²) in [6, 6.07) is 8.47. The molecule has 3 rings (SSSR count). The van der Waals surface area contributed by atoms with Crippen LogP contribution in [-0.4, -0.2) is 53.5 Å². The van der Waals surface area contributed by atoms with Crippen molar-refractivity contribution in [2.75, 3.05) is 19.7 Å². The number of unbranched alkanes of at least 4 members (excludes halogenated alkanes) is 1. The Hall–Kier alpha value is -2.95. The van der Waals surface area contributed by atoms with Crippen LogP contribution in [0.5, 0.6) is 11.5 Å². The first-order valence-corrected chi connectivity index (χ1v) is 13.4.